The maximum Gasteiger partial charge on any atom is 0.248 e. The van der Waals surface area contributed by atoms with Crippen molar-refractivity contribution in [1.29, 1.82) is 5.26 Å². The number of ether oxygens (including phenoxy) is 1. The van der Waals surface area contributed by atoms with Crippen LogP contribution in [0.1, 0.15) is 17.0 Å². The first kappa shape index (κ1) is 19.4. The van der Waals surface area contributed by atoms with Crippen molar-refractivity contribution in [2.24, 2.45) is 0 Å². The van der Waals surface area contributed by atoms with Gasteiger partial charge in [0.15, 0.2) is 5.76 Å². The molecular formula is C18H22N4O4S. The van der Waals surface area contributed by atoms with Gasteiger partial charge in [0, 0.05) is 32.7 Å². The molecule has 0 amide bonds. The van der Waals surface area contributed by atoms with Crippen molar-refractivity contribution in [3.8, 4) is 11.8 Å². The van der Waals surface area contributed by atoms with E-state index in [1.54, 1.807) is 38.1 Å². The van der Waals surface area contributed by atoms with Crippen LogP contribution in [0.15, 0.2) is 33.7 Å². The van der Waals surface area contributed by atoms with Gasteiger partial charge in [0.25, 0.3) is 0 Å². The van der Waals surface area contributed by atoms with Crippen molar-refractivity contribution in [2.75, 3.05) is 39.3 Å². The van der Waals surface area contributed by atoms with Crippen LogP contribution in [0.4, 0.5) is 0 Å². The lowest BCUT2D eigenvalue weighted by atomic mass is 10.2. The number of nitriles is 1. The second kappa shape index (κ2) is 8.08. The van der Waals surface area contributed by atoms with Crippen LogP contribution in [0, 0.1) is 25.2 Å². The van der Waals surface area contributed by atoms with Gasteiger partial charge in [-0.2, -0.15) is 9.57 Å². The van der Waals surface area contributed by atoms with Crippen LogP contribution in [0.25, 0.3) is 0 Å². The number of hydrogen-bond acceptors (Lipinski definition) is 7. The molecule has 1 aromatic heterocycles. The summed E-state index contributed by atoms with van der Waals surface area (Å²) in [6, 6.07) is 9.04. The molecule has 1 aromatic carbocycles. The van der Waals surface area contributed by atoms with Gasteiger partial charge in [0.1, 0.15) is 22.9 Å². The van der Waals surface area contributed by atoms with Gasteiger partial charge >= 0.3 is 0 Å². The Labute approximate surface area is 159 Å². The summed E-state index contributed by atoms with van der Waals surface area (Å²) < 4.78 is 37.8. The number of aromatic nitrogens is 1. The number of nitrogens with zero attached hydrogens (tertiary/aromatic N) is 4. The molecule has 3 rings (SSSR count). The van der Waals surface area contributed by atoms with Crippen molar-refractivity contribution in [3.63, 3.8) is 0 Å². The standard InChI is InChI=1S/C18H22N4O4S/c1-14-18(15(2)26-20-14)27(23,24)22-9-7-21(8-10-22)11-12-25-17-5-3-16(13-19)4-6-17/h3-6H,7-12H2,1-2H3. The summed E-state index contributed by atoms with van der Waals surface area (Å²) in [7, 11) is -3.58. The molecule has 27 heavy (non-hydrogen) atoms. The maximum atomic E-state index is 12.8. The number of hydrogen-bond donors (Lipinski definition) is 0. The Bertz CT molecular complexity index is 904. The minimum atomic E-state index is -3.58. The van der Waals surface area contributed by atoms with E-state index in [4.69, 9.17) is 14.5 Å². The van der Waals surface area contributed by atoms with Crippen LogP contribution in [0.3, 0.4) is 0 Å². The van der Waals surface area contributed by atoms with Crippen LogP contribution in [-0.4, -0.2) is 62.1 Å². The molecule has 1 aliphatic heterocycles. The van der Waals surface area contributed by atoms with E-state index in [2.05, 4.69) is 16.1 Å². The molecule has 0 aliphatic carbocycles. The predicted molar refractivity (Wildman–Crippen MR) is 97.8 cm³/mol. The van der Waals surface area contributed by atoms with Gasteiger partial charge in [-0.15, -0.1) is 0 Å². The summed E-state index contributed by atoms with van der Waals surface area (Å²) in [5, 5.41) is 12.5. The van der Waals surface area contributed by atoms with Crippen LogP contribution in [0.5, 0.6) is 5.75 Å². The van der Waals surface area contributed by atoms with Crippen molar-refractivity contribution < 1.29 is 17.7 Å². The zero-order valence-electron chi connectivity index (χ0n) is 15.4. The number of rotatable bonds is 6. The molecule has 0 radical (unpaired) electrons. The van der Waals surface area contributed by atoms with E-state index < -0.39 is 10.0 Å². The molecule has 144 valence electrons. The zero-order chi connectivity index (χ0) is 19.4. The highest BCUT2D eigenvalue weighted by molar-refractivity contribution is 7.89. The fourth-order valence-electron chi connectivity index (χ4n) is 3.08. The summed E-state index contributed by atoms with van der Waals surface area (Å²) >= 11 is 0. The van der Waals surface area contributed by atoms with Gasteiger partial charge < -0.3 is 9.26 Å². The van der Waals surface area contributed by atoms with Crippen LogP contribution < -0.4 is 4.74 Å². The molecule has 9 heteroatoms. The summed E-state index contributed by atoms with van der Waals surface area (Å²) in [6.07, 6.45) is 0. The Kier molecular flexibility index (Phi) is 5.79. The largest absolute Gasteiger partial charge is 0.492 e. The number of aryl methyl sites for hydroxylation is 2. The Hall–Kier alpha value is -2.41. The molecule has 0 N–H and O–H groups in total. The van der Waals surface area contributed by atoms with E-state index in [0.717, 1.165) is 0 Å². The lowest BCUT2D eigenvalue weighted by molar-refractivity contribution is 0.159. The summed E-state index contributed by atoms with van der Waals surface area (Å²) in [5.41, 5.74) is 0.990. The Morgan fingerprint density at radius 3 is 2.41 bits per heavy atom. The summed E-state index contributed by atoms with van der Waals surface area (Å²) in [4.78, 5) is 2.35. The first-order valence-corrected chi connectivity index (χ1v) is 10.1. The van der Waals surface area contributed by atoms with Crippen LogP contribution in [-0.2, 0) is 10.0 Å². The lowest BCUT2D eigenvalue weighted by Gasteiger charge is -2.33. The van der Waals surface area contributed by atoms with Gasteiger partial charge in [0.2, 0.25) is 10.0 Å². The third kappa shape index (κ3) is 4.30. The molecule has 2 aromatic rings. The number of benzene rings is 1. The average Bonchev–Trinajstić information content (AvgIpc) is 3.02. The van der Waals surface area contributed by atoms with Crippen molar-refractivity contribution >= 4 is 10.0 Å². The first-order chi connectivity index (χ1) is 12.9. The summed E-state index contributed by atoms with van der Waals surface area (Å²) in [6.45, 7) is 6.58. The Balaban J connectivity index is 1.49. The molecule has 8 nitrogen and oxygen atoms in total. The van der Waals surface area contributed by atoms with Crippen LogP contribution >= 0.6 is 0 Å². The fourth-order valence-corrected chi connectivity index (χ4v) is 4.80. The molecule has 0 saturated carbocycles. The molecular weight excluding hydrogens is 368 g/mol. The monoisotopic (exact) mass is 390 g/mol. The molecule has 1 aliphatic rings. The number of sulfonamides is 1. The molecule has 1 fully saturated rings. The minimum Gasteiger partial charge on any atom is -0.492 e. The van der Waals surface area contributed by atoms with E-state index in [1.165, 1.54) is 4.31 Å². The second-order valence-electron chi connectivity index (χ2n) is 6.38. The molecule has 0 bridgehead atoms. The van der Waals surface area contributed by atoms with Gasteiger partial charge in [0.05, 0.1) is 11.6 Å². The second-order valence-corrected chi connectivity index (χ2v) is 8.26. The highest BCUT2D eigenvalue weighted by Crippen LogP contribution is 2.24. The van der Waals surface area contributed by atoms with E-state index in [-0.39, 0.29) is 4.90 Å². The number of piperazine rings is 1. The smallest absolute Gasteiger partial charge is 0.248 e. The molecule has 1 saturated heterocycles. The van der Waals surface area contributed by atoms with E-state index in [1.807, 2.05) is 0 Å². The van der Waals surface area contributed by atoms with E-state index in [9.17, 15) is 8.42 Å². The average molecular weight is 390 g/mol. The topological polar surface area (TPSA) is 99.7 Å². The summed E-state index contributed by atoms with van der Waals surface area (Å²) in [5.74, 6) is 1.04. The highest BCUT2D eigenvalue weighted by atomic mass is 32.2. The Morgan fingerprint density at radius 1 is 1.19 bits per heavy atom. The van der Waals surface area contributed by atoms with Crippen molar-refractivity contribution in [1.82, 2.24) is 14.4 Å². The van der Waals surface area contributed by atoms with E-state index >= 15 is 0 Å². The van der Waals surface area contributed by atoms with Gasteiger partial charge in [-0.3, -0.25) is 4.90 Å². The predicted octanol–water partition coefficient (Wildman–Crippen LogP) is 1.55. The van der Waals surface area contributed by atoms with Crippen molar-refractivity contribution in [2.45, 2.75) is 18.7 Å². The highest BCUT2D eigenvalue weighted by Gasteiger charge is 2.33. The zero-order valence-corrected chi connectivity index (χ0v) is 16.2. The van der Waals surface area contributed by atoms with Gasteiger partial charge in [-0.25, -0.2) is 8.42 Å². The molecule has 0 unspecified atom stereocenters. The third-order valence-electron chi connectivity index (χ3n) is 4.56. The quantitative estimate of drug-likeness (QED) is 0.738. The maximum absolute atomic E-state index is 12.8. The van der Waals surface area contributed by atoms with E-state index in [0.29, 0.717) is 62.1 Å². The van der Waals surface area contributed by atoms with Gasteiger partial charge in [-0.1, -0.05) is 5.16 Å². The molecule has 2 heterocycles. The van der Waals surface area contributed by atoms with Gasteiger partial charge in [-0.05, 0) is 38.1 Å². The lowest BCUT2D eigenvalue weighted by Crippen LogP contribution is -2.49. The van der Waals surface area contributed by atoms with Crippen LogP contribution in [0.2, 0.25) is 0 Å². The molecule has 0 spiro atoms. The SMILES string of the molecule is Cc1noc(C)c1S(=O)(=O)N1CCN(CCOc2ccc(C#N)cc2)CC1. The molecule has 0 atom stereocenters. The normalized spacial score (nSPS) is 16.2. The fraction of sp³-hybridized carbons (Fsp3) is 0.444. The third-order valence-corrected chi connectivity index (χ3v) is 6.70. The minimum absolute atomic E-state index is 0.181. The first-order valence-electron chi connectivity index (χ1n) is 8.70. The van der Waals surface area contributed by atoms with Crippen molar-refractivity contribution in [3.05, 3.63) is 41.3 Å². The Morgan fingerprint density at radius 2 is 1.85 bits per heavy atom.